The van der Waals surface area contributed by atoms with E-state index in [9.17, 15) is 8.78 Å². The van der Waals surface area contributed by atoms with Gasteiger partial charge in [-0.1, -0.05) is 17.7 Å². The molecule has 0 aliphatic carbocycles. The van der Waals surface area contributed by atoms with Crippen LogP contribution in [0.15, 0.2) is 24.3 Å². The summed E-state index contributed by atoms with van der Waals surface area (Å²) in [6.45, 7) is -2.73. The molecule has 0 aliphatic heterocycles. The van der Waals surface area contributed by atoms with Crippen LogP contribution in [0.25, 0.3) is 5.73 Å². The highest BCUT2D eigenvalue weighted by Crippen LogP contribution is 2.15. The molecular formula is C8H8F2NO-. The van der Waals surface area contributed by atoms with E-state index in [0.29, 0.717) is 5.56 Å². The van der Waals surface area contributed by atoms with Crippen LogP contribution in [0.2, 0.25) is 0 Å². The molecule has 0 aromatic heterocycles. The maximum Gasteiger partial charge on any atom is 0.387 e. The van der Waals surface area contributed by atoms with Crippen LogP contribution >= 0.6 is 0 Å². The minimum Gasteiger partial charge on any atom is -0.674 e. The highest BCUT2D eigenvalue weighted by atomic mass is 19.3. The Kier molecular flexibility index (Phi) is 2.99. The van der Waals surface area contributed by atoms with Gasteiger partial charge in [0.2, 0.25) is 0 Å². The fourth-order valence-corrected chi connectivity index (χ4v) is 0.832. The fourth-order valence-electron chi connectivity index (χ4n) is 0.832. The van der Waals surface area contributed by atoms with Crippen molar-refractivity contribution in [2.75, 3.05) is 0 Å². The molecule has 2 nitrogen and oxygen atoms in total. The number of hydrogen-bond acceptors (Lipinski definition) is 1. The highest BCUT2D eigenvalue weighted by Gasteiger charge is 2.02. The summed E-state index contributed by atoms with van der Waals surface area (Å²) >= 11 is 0. The fraction of sp³-hybridized carbons (Fsp3) is 0.250. The molecule has 0 aliphatic rings. The number of alkyl halides is 2. The Bertz CT molecular complexity index is 253. The molecule has 4 heteroatoms. The van der Waals surface area contributed by atoms with Crippen molar-refractivity contribution in [3.63, 3.8) is 0 Å². The SMILES string of the molecule is [NH-]Cc1cccc(OC(F)F)c1. The molecule has 0 heterocycles. The monoisotopic (exact) mass is 172 g/mol. The molecule has 0 amide bonds. The van der Waals surface area contributed by atoms with Gasteiger partial charge in [-0.3, -0.25) is 0 Å². The van der Waals surface area contributed by atoms with Gasteiger partial charge in [-0.05, 0) is 12.1 Å². The van der Waals surface area contributed by atoms with E-state index in [1.54, 1.807) is 12.1 Å². The molecule has 1 aromatic carbocycles. The predicted octanol–water partition coefficient (Wildman–Crippen LogP) is 2.84. The lowest BCUT2D eigenvalue weighted by atomic mass is 10.2. The van der Waals surface area contributed by atoms with Crippen molar-refractivity contribution < 1.29 is 13.5 Å². The van der Waals surface area contributed by atoms with Crippen LogP contribution in [-0.4, -0.2) is 6.61 Å². The minimum atomic E-state index is -2.80. The van der Waals surface area contributed by atoms with Crippen molar-refractivity contribution in [2.45, 2.75) is 13.2 Å². The Balaban J connectivity index is 2.72. The van der Waals surface area contributed by atoms with E-state index in [-0.39, 0.29) is 12.3 Å². The van der Waals surface area contributed by atoms with Crippen LogP contribution < -0.4 is 4.74 Å². The van der Waals surface area contributed by atoms with Gasteiger partial charge in [-0.25, -0.2) is 0 Å². The average molecular weight is 172 g/mol. The highest BCUT2D eigenvalue weighted by molar-refractivity contribution is 5.28. The second-order valence-electron chi connectivity index (χ2n) is 2.20. The molecule has 0 unspecified atom stereocenters. The second kappa shape index (κ2) is 4.01. The van der Waals surface area contributed by atoms with Gasteiger partial charge in [0.25, 0.3) is 0 Å². The third kappa shape index (κ3) is 2.47. The largest absolute Gasteiger partial charge is 0.674 e. The zero-order valence-electron chi connectivity index (χ0n) is 6.26. The lowest BCUT2D eigenvalue weighted by Gasteiger charge is -2.06. The van der Waals surface area contributed by atoms with Crippen LogP contribution in [0.5, 0.6) is 5.75 Å². The zero-order valence-corrected chi connectivity index (χ0v) is 6.26. The summed E-state index contributed by atoms with van der Waals surface area (Å²) in [5.41, 5.74) is 7.64. The van der Waals surface area contributed by atoms with Gasteiger partial charge in [0.05, 0.1) is 0 Å². The maximum atomic E-state index is 11.7. The Morgan fingerprint density at radius 1 is 1.42 bits per heavy atom. The standard InChI is InChI=1S/C8H8F2NO/c9-8(10)12-7-3-1-2-6(4-7)5-11/h1-4,8,11H,5H2/q-1. The smallest absolute Gasteiger partial charge is 0.387 e. The number of nitrogens with one attached hydrogen (secondary N) is 1. The number of benzene rings is 1. The van der Waals surface area contributed by atoms with Crippen molar-refractivity contribution in [1.82, 2.24) is 0 Å². The van der Waals surface area contributed by atoms with Crippen LogP contribution in [0, 0.1) is 0 Å². The van der Waals surface area contributed by atoms with Crippen LogP contribution in [-0.2, 0) is 6.54 Å². The summed E-state index contributed by atoms with van der Waals surface area (Å²) in [4.78, 5) is 0. The lowest BCUT2D eigenvalue weighted by molar-refractivity contribution is -0.0498. The Labute approximate surface area is 68.9 Å². The summed E-state index contributed by atoms with van der Waals surface area (Å²) in [6, 6.07) is 6.14. The molecule has 1 rings (SSSR count). The summed E-state index contributed by atoms with van der Waals surface area (Å²) in [5, 5.41) is 0. The molecule has 0 spiro atoms. The number of rotatable bonds is 3. The van der Waals surface area contributed by atoms with E-state index in [1.165, 1.54) is 12.1 Å². The molecule has 0 radical (unpaired) electrons. The molecule has 1 N–H and O–H groups in total. The third-order valence-electron chi connectivity index (χ3n) is 1.33. The first-order valence-electron chi connectivity index (χ1n) is 3.40. The van der Waals surface area contributed by atoms with E-state index in [1.807, 2.05) is 0 Å². The van der Waals surface area contributed by atoms with Gasteiger partial charge in [0.15, 0.2) is 0 Å². The third-order valence-corrected chi connectivity index (χ3v) is 1.33. The van der Waals surface area contributed by atoms with E-state index in [2.05, 4.69) is 4.74 Å². The molecule has 0 saturated heterocycles. The Hall–Kier alpha value is -1.16. The molecule has 66 valence electrons. The first kappa shape index (κ1) is 8.93. The summed E-state index contributed by atoms with van der Waals surface area (Å²) < 4.78 is 27.5. The summed E-state index contributed by atoms with van der Waals surface area (Å²) in [7, 11) is 0. The number of halogens is 2. The molecule has 0 saturated carbocycles. The summed E-state index contributed by atoms with van der Waals surface area (Å²) in [5.74, 6) is 0.106. The first-order chi connectivity index (χ1) is 5.72. The predicted molar refractivity (Wildman–Crippen MR) is 41.1 cm³/mol. The minimum absolute atomic E-state index is 0.0699. The Morgan fingerprint density at radius 3 is 2.75 bits per heavy atom. The van der Waals surface area contributed by atoms with Gasteiger partial charge in [0, 0.05) is 0 Å². The molecule has 1 aromatic rings. The van der Waals surface area contributed by atoms with E-state index in [4.69, 9.17) is 5.73 Å². The quantitative estimate of drug-likeness (QED) is 0.690. The van der Waals surface area contributed by atoms with E-state index >= 15 is 0 Å². The average Bonchev–Trinajstić information content (AvgIpc) is 2.03. The van der Waals surface area contributed by atoms with Crippen LogP contribution in [0.1, 0.15) is 5.56 Å². The summed E-state index contributed by atoms with van der Waals surface area (Å²) in [6.07, 6.45) is 0. The van der Waals surface area contributed by atoms with Crippen LogP contribution in [0.3, 0.4) is 0 Å². The number of ether oxygens (including phenoxy) is 1. The molecule has 12 heavy (non-hydrogen) atoms. The van der Waals surface area contributed by atoms with Crippen molar-refractivity contribution in [3.8, 4) is 5.75 Å². The van der Waals surface area contributed by atoms with Crippen molar-refractivity contribution in [1.29, 1.82) is 0 Å². The molecular weight excluding hydrogens is 164 g/mol. The van der Waals surface area contributed by atoms with Gasteiger partial charge in [0.1, 0.15) is 5.75 Å². The van der Waals surface area contributed by atoms with Gasteiger partial charge in [-0.2, -0.15) is 8.78 Å². The normalized spacial score (nSPS) is 10.3. The van der Waals surface area contributed by atoms with Crippen LogP contribution in [0.4, 0.5) is 8.78 Å². The lowest BCUT2D eigenvalue weighted by Crippen LogP contribution is -2.01. The molecule has 0 bridgehead atoms. The maximum absolute atomic E-state index is 11.7. The number of hydrogen-bond donors (Lipinski definition) is 0. The van der Waals surface area contributed by atoms with Gasteiger partial charge >= 0.3 is 6.61 Å². The van der Waals surface area contributed by atoms with Crippen molar-refractivity contribution in [3.05, 3.63) is 35.6 Å². The Morgan fingerprint density at radius 2 is 2.17 bits per heavy atom. The molecule has 0 atom stereocenters. The van der Waals surface area contributed by atoms with E-state index < -0.39 is 6.61 Å². The second-order valence-corrected chi connectivity index (χ2v) is 2.20. The first-order valence-corrected chi connectivity index (χ1v) is 3.40. The van der Waals surface area contributed by atoms with Gasteiger partial charge in [-0.15, -0.1) is 6.54 Å². The molecule has 0 fully saturated rings. The van der Waals surface area contributed by atoms with Crippen molar-refractivity contribution >= 4 is 0 Å². The topological polar surface area (TPSA) is 33.0 Å². The van der Waals surface area contributed by atoms with Gasteiger partial charge < -0.3 is 10.5 Å². The van der Waals surface area contributed by atoms with E-state index in [0.717, 1.165) is 0 Å². The van der Waals surface area contributed by atoms with Crippen molar-refractivity contribution in [2.24, 2.45) is 0 Å². The zero-order chi connectivity index (χ0) is 8.97.